The fourth-order valence-electron chi connectivity index (χ4n) is 2.78. The van der Waals surface area contributed by atoms with E-state index < -0.39 is 0 Å². The Kier molecular flexibility index (Phi) is 5.78. The molecule has 0 aliphatic heterocycles. The van der Waals surface area contributed by atoms with Gasteiger partial charge in [0, 0.05) is 12.6 Å². The summed E-state index contributed by atoms with van der Waals surface area (Å²) in [6, 6.07) is 3.97. The SMILES string of the molecule is C=CCn1c(SCC(=O)NC2CCCC2)nnc1-c1ccc(Br)o1. The topological polar surface area (TPSA) is 73.0 Å². The van der Waals surface area contributed by atoms with E-state index in [4.69, 9.17) is 4.42 Å². The molecule has 0 radical (unpaired) electrons. The van der Waals surface area contributed by atoms with Crippen molar-refractivity contribution < 1.29 is 9.21 Å². The lowest BCUT2D eigenvalue weighted by atomic mass is 10.2. The molecule has 0 saturated heterocycles. The third-order valence-corrected chi connectivity index (χ3v) is 5.27. The summed E-state index contributed by atoms with van der Waals surface area (Å²) >= 11 is 4.67. The molecule has 0 aromatic carbocycles. The number of furan rings is 1. The molecule has 2 heterocycles. The smallest absolute Gasteiger partial charge is 0.230 e. The van der Waals surface area contributed by atoms with Crippen LogP contribution in [0.25, 0.3) is 11.6 Å². The third kappa shape index (κ3) is 4.10. The second-order valence-corrected chi connectivity index (χ2v) is 7.37. The molecule has 1 N–H and O–H groups in total. The van der Waals surface area contributed by atoms with Gasteiger partial charge in [-0.05, 0) is 40.9 Å². The number of rotatable bonds is 7. The molecule has 0 atom stereocenters. The second-order valence-electron chi connectivity index (χ2n) is 5.65. The average Bonchev–Trinajstić information content (AvgIpc) is 3.28. The van der Waals surface area contributed by atoms with Crippen LogP contribution in [0.3, 0.4) is 0 Å². The highest BCUT2D eigenvalue weighted by atomic mass is 79.9. The zero-order valence-electron chi connectivity index (χ0n) is 13.2. The first-order chi connectivity index (χ1) is 11.7. The number of hydrogen-bond donors (Lipinski definition) is 1. The normalized spacial score (nSPS) is 14.9. The summed E-state index contributed by atoms with van der Waals surface area (Å²) in [7, 11) is 0. The summed E-state index contributed by atoms with van der Waals surface area (Å²) < 4.78 is 8.08. The number of carbonyl (C=O) groups is 1. The minimum atomic E-state index is 0.0438. The minimum absolute atomic E-state index is 0.0438. The Bertz CT molecular complexity index is 721. The van der Waals surface area contributed by atoms with E-state index in [0.717, 1.165) is 12.8 Å². The molecule has 1 fully saturated rings. The molecular weight excluding hydrogens is 392 g/mol. The summed E-state index contributed by atoms with van der Waals surface area (Å²) in [5.41, 5.74) is 0. The van der Waals surface area contributed by atoms with Gasteiger partial charge in [-0.25, -0.2) is 0 Å². The number of amides is 1. The van der Waals surface area contributed by atoms with E-state index in [2.05, 4.69) is 38.0 Å². The molecule has 0 spiro atoms. The lowest BCUT2D eigenvalue weighted by Crippen LogP contribution is -2.33. The average molecular weight is 411 g/mol. The van der Waals surface area contributed by atoms with Gasteiger partial charge in [0.2, 0.25) is 11.7 Å². The quantitative estimate of drug-likeness (QED) is 0.556. The number of allylic oxidation sites excluding steroid dienone is 1. The van der Waals surface area contributed by atoms with Crippen molar-refractivity contribution >= 4 is 33.6 Å². The Hall–Kier alpha value is -1.54. The molecular formula is C16H19BrN4O2S. The maximum Gasteiger partial charge on any atom is 0.230 e. The summed E-state index contributed by atoms with van der Waals surface area (Å²) in [6.07, 6.45) is 6.34. The van der Waals surface area contributed by atoms with Crippen LogP contribution in [-0.2, 0) is 11.3 Å². The molecule has 1 aliphatic carbocycles. The van der Waals surface area contributed by atoms with Crippen molar-refractivity contribution in [3.05, 3.63) is 29.5 Å². The highest BCUT2D eigenvalue weighted by Gasteiger charge is 2.20. The van der Waals surface area contributed by atoms with Gasteiger partial charge in [-0.3, -0.25) is 9.36 Å². The first kappa shape index (κ1) is 17.3. The molecule has 128 valence electrons. The molecule has 1 amide bonds. The van der Waals surface area contributed by atoms with Crippen LogP contribution in [0.4, 0.5) is 0 Å². The van der Waals surface area contributed by atoms with E-state index in [1.807, 2.05) is 16.7 Å². The highest BCUT2D eigenvalue weighted by Crippen LogP contribution is 2.27. The van der Waals surface area contributed by atoms with Crippen molar-refractivity contribution in [3.63, 3.8) is 0 Å². The lowest BCUT2D eigenvalue weighted by Gasteiger charge is -2.11. The van der Waals surface area contributed by atoms with Gasteiger partial charge in [0.1, 0.15) is 0 Å². The predicted molar refractivity (Wildman–Crippen MR) is 96.7 cm³/mol. The minimum Gasteiger partial charge on any atom is -0.446 e. The van der Waals surface area contributed by atoms with Crippen molar-refractivity contribution in [1.29, 1.82) is 0 Å². The summed E-state index contributed by atoms with van der Waals surface area (Å²) in [6.45, 7) is 4.32. The Morgan fingerprint density at radius 2 is 2.25 bits per heavy atom. The fraction of sp³-hybridized carbons (Fsp3) is 0.438. The van der Waals surface area contributed by atoms with E-state index in [9.17, 15) is 4.79 Å². The fourth-order valence-corrected chi connectivity index (χ4v) is 3.84. The number of aromatic nitrogens is 3. The molecule has 2 aromatic heterocycles. The molecule has 1 saturated carbocycles. The summed E-state index contributed by atoms with van der Waals surface area (Å²) in [5.74, 6) is 1.62. The molecule has 0 bridgehead atoms. The van der Waals surface area contributed by atoms with E-state index in [-0.39, 0.29) is 5.91 Å². The first-order valence-electron chi connectivity index (χ1n) is 7.89. The standard InChI is InChI=1S/C16H19BrN4O2S/c1-2-9-21-15(12-7-8-13(17)23-12)19-20-16(21)24-10-14(22)18-11-5-3-4-6-11/h2,7-8,11H,1,3-6,9-10H2,(H,18,22). The van der Waals surface area contributed by atoms with Crippen molar-refractivity contribution in [2.75, 3.05) is 5.75 Å². The Balaban J connectivity index is 1.67. The van der Waals surface area contributed by atoms with Crippen LogP contribution < -0.4 is 5.32 Å². The van der Waals surface area contributed by atoms with Gasteiger partial charge in [-0.15, -0.1) is 16.8 Å². The monoisotopic (exact) mass is 410 g/mol. The molecule has 0 unspecified atom stereocenters. The van der Waals surface area contributed by atoms with Gasteiger partial charge in [0.05, 0.1) is 5.75 Å². The Morgan fingerprint density at radius 1 is 1.46 bits per heavy atom. The zero-order valence-corrected chi connectivity index (χ0v) is 15.6. The van der Waals surface area contributed by atoms with Crippen LogP contribution in [0.5, 0.6) is 0 Å². The van der Waals surface area contributed by atoms with Crippen LogP contribution in [0.15, 0.2) is 39.0 Å². The number of carbonyl (C=O) groups excluding carboxylic acids is 1. The first-order valence-corrected chi connectivity index (χ1v) is 9.67. The van der Waals surface area contributed by atoms with Crippen LogP contribution in [0.1, 0.15) is 25.7 Å². The number of nitrogens with zero attached hydrogens (tertiary/aromatic N) is 3. The van der Waals surface area contributed by atoms with Crippen molar-refractivity contribution in [2.24, 2.45) is 0 Å². The predicted octanol–water partition coefficient (Wildman–Crippen LogP) is 3.64. The van der Waals surface area contributed by atoms with Crippen LogP contribution in [0.2, 0.25) is 0 Å². The van der Waals surface area contributed by atoms with Crippen LogP contribution in [0, 0.1) is 0 Å². The molecule has 6 nitrogen and oxygen atoms in total. The maximum absolute atomic E-state index is 12.1. The van der Waals surface area contributed by atoms with Crippen molar-refractivity contribution in [3.8, 4) is 11.6 Å². The summed E-state index contributed by atoms with van der Waals surface area (Å²) in [5, 5.41) is 12.2. The maximum atomic E-state index is 12.1. The second kappa shape index (κ2) is 8.02. The molecule has 2 aromatic rings. The Morgan fingerprint density at radius 3 is 2.92 bits per heavy atom. The van der Waals surface area contributed by atoms with Crippen LogP contribution in [-0.4, -0.2) is 32.5 Å². The molecule has 3 rings (SSSR count). The van der Waals surface area contributed by atoms with Gasteiger partial charge in [-0.2, -0.15) is 0 Å². The molecule has 8 heteroatoms. The lowest BCUT2D eigenvalue weighted by molar-refractivity contribution is -0.119. The van der Waals surface area contributed by atoms with Gasteiger partial charge in [-0.1, -0.05) is 30.7 Å². The zero-order chi connectivity index (χ0) is 16.9. The number of nitrogens with one attached hydrogen (secondary N) is 1. The highest BCUT2D eigenvalue weighted by molar-refractivity contribution is 9.10. The molecule has 24 heavy (non-hydrogen) atoms. The van der Waals surface area contributed by atoms with E-state index in [0.29, 0.717) is 39.8 Å². The number of thioether (sulfide) groups is 1. The Labute approximate surface area is 153 Å². The summed E-state index contributed by atoms with van der Waals surface area (Å²) in [4.78, 5) is 12.1. The van der Waals surface area contributed by atoms with E-state index >= 15 is 0 Å². The van der Waals surface area contributed by atoms with E-state index in [1.165, 1.54) is 24.6 Å². The molecule has 1 aliphatic rings. The van der Waals surface area contributed by atoms with Crippen molar-refractivity contribution in [2.45, 2.75) is 43.4 Å². The van der Waals surface area contributed by atoms with E-state index in [1.54, 1.807) is 6.08 Å². The van der Waals surface area contributed by atoms with Crippen LogP contribution >= 0.6 is 27.7 Å². The van der Waals surface area contributed by atoms with Gasteiger partial charge < -0.3 is 9.73 Å². The van der Waals surface area contributed by atoms with Gasteiger partial charge >= 0.3 is 0 Å². The van der Waals surface area contributed by atoms with Crippen molar-refractivity contribution in [1.82, 2.24) is 20.1 Å². The van der Waals surface area contributed by atoms with Gasteiger partial charge in [0.25, 0.3) is 0 Å². The number of halogens is 1. The largest absolute Gasteiger partial charge is 0.446 e. The third-order valence-electron chi connectivity index (χ3n) is 3.87. The number of hydrogen-bond acceptors (Lipinski definition) is 5. The van der Waals surface area contributed by atoms with Gasteiger partial charge in [0.15, 0.2) is 15.6 Å².